The van der Waals surface area contributed by atoms with Crippen LogP contribution in [0, 0.1) is 13.8 Å². The number of hydrogen-bond donors (Lipinski definition) is 1. The van der Waals surface area contributed by atoms with E-state index in [9.17, 15) is 18.0 Å². The molecule has 0 bridgehead atoms. The van der Waals surface area contributed by atoms with Crippen molar-refractivity contribution in [2.45, 2.75) is 64.1 Å². The van der Waals surface area contributed by atoms with Crippen LogP contribution in [-0.2, 0) is 32.6 Å². The fourth-order valence-electron chi connectivity index (χ4n) is 4.89. The van der Waals surface area contributed by atoms with E-state index in [1.807, 2.05) is 89.2 Å². The monoisotopic (exact) mass is 645 g/mol. The highest BCUT2D eigenvalue weighted by molar-refractivity contribution is 7.92. The number of nitrogens with zero attached hydrogens (tertiary/aromatic N) is 2. The minimum atomic E-state index is -4.20. The Hall–Kier alpha value is -4.14. The summed E-state index contributed by atoms with van der Waals surface area (Å²) >= 11 is 6.30. The van der Waals surface area contributed by atoms with Crippen molar-refractivity contribution >= 4 is 39.1 Å². The summed E-state index contributed by atoms with van der Waals surface area (Å²) in [4.78, 5) is 30.0. The quantitative estimate of drug-likeness (QED) is 0.197. The summed E-state index contributed by atoms with van der Waals surface area (Å²) in [6.45, 7) is 9.04. The zero-order valence-electron chi connectivity index (χ0n) is 26.3. The molecule has 0 spiro atoms. The van der Waals surface area contributed by atoms with E-state index in [0.717, 1.165) is 26.6 Å². The van der Waals surface area contributed by atoms with Crippen molar-refractivity contribution in [3.05, 3.63) is 130 Å². The zero-order chi connectivity index (χ0) is 32.8. The lowest BCUT2D eigenvalue weighted by Crippen LogP contribution is -2.56. The van der Waals surface area contributed by atoms with E-state index in [0.29, 0.717) is 5.02 Å². The Kier molecular flexibility index (Phi) is 10.7. The first-order valence-electron chi connectivity index (χ1n) is 14.8. The number of hydrogen-bond acceptors (Lipinski definition) is 4. The molecular weight excluding hydrogens is 606 g/mol. The van der Waals surface area contributed by atoms with Crippen LogP contribution in [0.15, 0.2) is 108 Å². The van der Waals surface area contributed by atoms with Crippen molar-refractivity contribution in [2.24, 2.45) is 0 Å². The van der Waals surface area contributed by atoms with E-state index < -0.39 is 34.1 Å². The fourth-order valence-corrected chi connectivity index (χ4v) is 6.49. The Balaban J connectivity index is 1.81. The Morgan fingerprint density at radius 1 is 0.800 bits per heavy atom. The zero-order valence-corrected chi connectivity index (χ0v) is 27.9. The van der Waals surface area contributed by atoms with E-state index in [1.54, 1.807) is 30.3 Å². The summed E-state index contributed by atoms with van der Waals surface area (Å²) in [6.07, 6.45) is 0.238. The second-order valence-electron chi connectivity index (χ2n) is 12.3. The topological polar surface area (TPSA) is 86.8 Å². The molecule has 2 amide bonds. The van der Waals surface area contributed by atoms with Gasteiger partial charge in [0.05, 0.1) is 10.6 Å². The van der Waals surface area contributed by atoms with Crippen LogP contribution in [0.1, 0.15) is 43.0 Å². The van der Waals surface area contributed by atoms with Gasteiger partial charge in [-0.25, -0.2) is 8.42 Å². The maximum absolute atomic E-state index is 14.5. The Morgan fingerprint density at radius 3 is 1.98 bits per heavy atom. The van der Waals surface area contributed by atoms with Gasteiger partial charge in [-0.2, -0.15) is 0 Å². The predicted octanol–water partition coefficient (Wildman–Crippen LogP) is 6.71. The van der Waals surface area contributed by atoms with Gasteiger partial charge in [-0.1, -0.05) is 95.5 Å². The molecule has 4 aromatic rings. The van der Waals surface area contributed by atoms with Crippen LogP contribution in [0.5, 0.6) is 0 Å². The molecule has 0 saturated carbocycles. The first-order chi connectivity index (χ1) is 21.2. The van der Waals surface area contributed by atoms with Gasteiger partial charge in [-0.05, 0) is 76.1 Å². The van der Waals surface area contributed by atoms with Crippen molar-refractivity contribution in [3.8, 4) is 0 Å². The number of anilines is 1. The number of carbonyl (C=O) groups is 2. The van der Waals surface area contributed by atoms with Crippen LogP contribution in [0.3, 0.4) is 0 Å². The van der Waals surface area contributed by atoms with Gasteiger partial charge in [0.2, 0.25) is 11.8 Å². The highest BCUT2D eigenvalue weighted by Crippen LogP contribution is 2.27. The van der Waals surface area contributed by atoms with Crippen LogP contribution in [-0.4, -0.2) is 43.3 Å². The van der Waals surface area contributed by atoms with Crippen LogP contribution in [0.25, 0.3) is 0 Å². The van der Waals surface area contributed by atoms with Gasteiger partial charge in [-0.15, -0.1) is 0 Å². The lowest BCUT2D eigenvalue weighted by Gasteiger charge is -2.35. The smallest absolute Gasteiger partial charge is 0.264 e. The molecule has 0 aromatic heterocycles. The second-order valence-corrected chi connectivity index (χ2v) is 14.6. The van der Waals surface area contributed by atoms with E-state index in [4.69, 9.17) is 11.6 Å². The maximum atomic E-state index is 14.5. The third-order valence-corrected chi connectivity index (χ3v) is 9.25. The molecule has 236 valence electrons. The highest BCUT2D eigenvalue weighted by atomic mass is 35.5. The number of amides is 2. The normalized spacial score (nSPS) is 12.3. The largest absolute Gasteiger partial charge is 0.350 e. The molecule has 1 N–H and O–H groups in total. The van der Waals surface area contributed by atoms with Gasteiger partial charge in [0.15, 0.2) is 0 Å². The van der Waals surface area contributed by atoms with Crippen LogP contribution < -0.4 is 9.62 Å². The van der Waals surface area contributed by atoms with Crippen molar-refractivity contribution in [3.63, 3.8) is 0 Å². The molecular formula is C36H40ClN3O4S. The molecule has 0 heterocycles. The minimum Gasteiger partial charge on any atom is -0.350 e. The van der Waals surface area contributed by atoms with Crippen molar-refractivity contribution < 1.29 is 18.0 Å². The van der Waals surface area contributed by atoms with Gasteiger partial charge in [-0.3, -0.25) is 13.9 Å². The number of sulfonamides is 1. The highest BCUT2D eigenvalue weighted by Gasteiger charge is 2.35. The third-order valence-electron chi connectivity index (χ3n) is 7.23. The van der Waals surface area contributed by atoms with Crippen molar-refractivity contribution in [2.75, 3.05) is 10.8 Å². The van der Waals surface area contributed by atoms with Crippen molar-refractivity contribution in [1.29, 1.82) is 0 Å². The summed E-state index contributed by atoms with van der Waals surface area (Å²) in [5.74, 6) is -0.862. The fraction of sp³-hybridized carbons (Fsp3) is 0.278. The number of nitrogens with one attached hydrogen (secondary N) is 1. The van der Waals surface area contributed by atoms with Crippen LogP contribution in [0.2, 0.25) is 5.02 Å². The van der Waals surface area contributed by atoms with Crippen molar-refractivity contribution in [1.82, 2.24) is 10.2 Å². The summed E-state index contributed by atoms with van der Waals surface area (Å²) in [7, 11) is -4.20. The molecule has 4 aromatic carbocycles. The molecule has 0 aliphatic heterocycles. The minimum absolute atomic E-state index is 0.0391. The standard InChI is InChI=1S/C36H40ClN3O4S/c1-26-14-18-29(19-15-26)24-39(33(35(42)38-36(3,4)5)22-28-10-7-6-8-11-28)34(41)25-40(31-13-9-12-30(37)23-31)45(43,44)32-20-16-27(2)17-21-32/h6-21,23,33H,22,24-25H2,1-5H3,(H,38,42). The first-order valence-corrected chi connectivity index (χ1v) is 16.6. The molecule has 4 rings (SSSR count). The molecule has 0 aliphatic carbocycles. The van der Waals surface area contributed by atoms with Gasteiger partial charge < -0.3 is 10.2 Å². The molecule has 9 heteroatoms. The second kappa shape index (κ2) is 14.3. The molecule has 7 nitrogen and oxygen atoms in total. The first kappa shape index (κ1) is 33.7. The third kappa shape index (κ3) is 9.19. The average Bonchev–Trinajstić information content (AvgIpc) is 2.98. The predicted molar refractivity (Wildman–Crippen MR) is 181 cm³/mol. The molecule has 0 aliphatic rings. The van der Waals surface area contributed by atoms with Gasteiger partial charge >= 0.3 is 0 Å². The van der Waals surface area contributed by atoms with Crippen LogP contribution >= 0.6 is 11.6 Å². The molecule has 0 fully saturated rings. The number of halogens is 1. The summed E-state index contributed by atoms with van der Waals surface area (Å²) in [6, 6.07) is 29.1. The summed E-state index contributed by atoms with van der Waals surface area (Å²) < 4.78 is 29.3. The Morgan fingerprint density at radius 2 is 1.40 bits per heavy atom. The number of benzene rings is 4. The van der Waals surface area contributed by atoms with E-state index in [2.05, 4.69) is 5.32 Å². The van der Waals surface area contributed by atoms with Gasteiger partial charge in [0.1, 0.15) is 12.6 Å². The SMILES string of the molecule is Cc1ccc(CN(C(=O)CN(c2cccc(Cl)c2)S(=O)(=O)c2ccc(C)cc2)C(Cc2ccccc2)C(=O)NC(C)(C)C)cc1. The van der Waals surface area contributed by atoms with E-state index >= 15 is 0 Å². The number of aryl methyl sites for hydroxylation is 2. The lowest BCUT2D eigenvalue weighted by molar-refractivity contribution is -0.140. The average molecular weight is 646 g/mol. The molecule has 1 unspecified atom stereocenters. The summed E-state index contributed by atoms with van der Waals surface area (Å²) in [5.41, 5.74) is 3.31. The molecule has 0 saturated heterocycles. The molecule has 0 radical (unpaired) electrons. The number of carbonyl (C=O) groups excluding carboxylic acids is 2. The lowest BCUT2D eigenvalue weighted by atomic mass is 10.0. The Labute approximate surface area is 271 Å². The number of rotatable bonds is 11. The van der Waals surface area contributed by atoms with Crippen LogP contribution in [0.4, 0.5) is 5.69 Å². The van der Waals surface area contributed by atoms with Gasteiger partial charge in [0, 0.05) is 23.5 Å². The molecule has 45 heavy (non-hydrogen) atoms. The van der Waals surface area contributed by atoms with Gasteiger partial charge in [0.25, 0.3) is 10.0 Å². The maximum Gasteiger partial charge on any atom is 0.264 e. The Bertz CT molecular complexity index is 1720. The summed E-state index contributed by atoms with van der Waals surface area (Å²) in [5, 5.41) is 3.37. The van der Waals surface area contributed by atoms with E-state index in [1.165, 1.54) is 23.1 Å². The van der Waals surface area contributed by atoms with E-state index in [-0.39, 0.29) is 29.5 Å². The molecule has 1 atom stereocenters.